The van der Waals surface area contributed by atoms with Gasteiger partial charge in [0.15, 0.2) is 0 Å². The number of rotatable bonds is 6. The van der Waals surface area contributed by atoms with E-state index >= 15 is 0 Å². The molecule has 0 aromatic heterocycles. The van der Waals surface area contributed by atoms with Gasteiger partial charge >= 0.3 is 0 Å². The van der Waals surface area contributed by atoms with Crippen LogP contribution in [-0.2, 0) is 0 Å². The smallest absolute Gasteiger partial charge is 0.0172 e. The summed E-state index contributed by atoms with van der Waals surface area (Å²) in [7, 11) is 0. The lowest BCUT2D eigenvalue weighted by molar-refractivity contribution is 0.867. The molecule has 0 aliphatic rings. The van der Waals surface area contributed by atoms with Crippen LogP contribution in [0.25, 0.3) is 0 Å². The molecule has 0 atom stereocenters. The fourth-order valence-electron chi connectivity index (χ4n) is 0.690. The lowest BCUT2D eigenvalue weighted by Crippen LogP contribution is -1.67. The molecule has 0 N–H and O–H groups in total. The van der Waals surface area contributed by atoms with E-state index in [0.29, 0.717) is 0 Å². The van der Waals surface area contributed by atoms with Crippen molar-refractivity contribution in [3.8, 4) is 0 Å². The molecule has 0 bridgehead atoms. The Morgan fingerprint density at radius 2 is 1.70 bits per heavy atom. The van der Waals surface area contributed by atoms with Crippen molar-refractivity contribution in [2.24, 2.45) is 0 Å². The maximum Gasteiger partial charge on any atom is -0.0172 e. The Labute approximate surface area is 64.0 Å². The molecule has 0 aromatic carbocycles. The standard InChI is InChI=1S/C10H16/c1-3-5-7-9-10-8-6-4-2/h3-4,7,9H,1-2,5-6,8,10H2/b9-7+. The van der Waals surface area contributed by atoms with Crippen molar-refractivity contribution in [3.63, 3.8) is 0 Å². The van der Waals surface area contributed by atoms with Crippen LogP contribution in [0.3, 0.4) is 0 Å². The average molecular weight is 136 g/mol. The monoisotopic (exact) mass is 136 g/mol. The highest BCUT2D eigenvalue weighted by Crippen LogP contribution is 1.97. The minimum atomic E-state index is 0.994. The first kappa shape index (κ1) is 9.22. The number of hydrogen-bond acceptors (Lipinski definition) is 0. The molecule has 0 saturated heterocycles. The first-order valence-corrected chi connectivity index (χ1v) is 3.78. The van der Waals surface area contributed by atoms with Crippen molar-refractivity contribution < 1.29 is 0 Å². The van der Waals surface area contributed by atoms with Crippen molar-refractivity contribution in [1.29, 1.82) is 0 Å². The van der Waals surface area contributed by atoms with Crippen LogP contribution >= 0.6 is 0 Å². The van der Waals surface area contributed by atoms with E-state index in [1.165, 1.54) is 12.8 Å². The Bertz CT molecular complexity index is 109. The Morgan fingerprint density at radius 3 is 2.30 bits per heavy atom. The van der Waals surface area contributed by atoms with Crippen LogP contribution in [0.2, 0.25) is 0 Å². The normalized spacial score (nSPS) is 10.0. The van der Waals surface area contributed by atoms with Crippen LogP contribution < -0.4 is 0 Å². The fourth-order valence-corrected chi connectivity index (χ4v) is 0.690. The van der Waals surface area contributed by atoms with E-state index in [0.717, 1.165) is 12.8 Å². The minimum Gasteiger partial charge on any atom is -0.103 e. The van der Waals surface area contributed by atoms with Crippen molar-refractivity contribution in [2.75, 3.05) is 0 Å². The van der Waals surface area contributed by atoms with Crippen LogP contribution in [0, 0.1) is 0 Å². The predicted molar refractivity (Wildman–Crippen MR) is 48.0 cm³/mol. The minimum absolute atomic E-state index is 0.994. The molecule has 0 heterocycles. The third-order valence-corrected chi connectivity index (χ3v) is 1.25. The van der Waals surface area contributed by atoms with Gasteiger partial charge in [-0.1, -0.05) is 24.3 Å². The van der Waals surface area contributed by atoms with Crippen LogP contribution in [-0.4, -0.2) is 0 Å². The lowest BCUT2D eigenvalue weighted by Gasteiger charge is -1.87. The highest BCUT2D eigenvalue weighted by molar-refractivity contribution is 4.88. The first-order valence-electron chi connectivity index (χ1n) is 3.78. The summed E-state index contributed by atoms with van der Waals surface area (Å²) >= 11 is 0. The summed E-state index contributed by atoms with van der Waals surface area (Å²) < 4.78 is 0. The van der Waals surface area contributed by atoms with Gasteiger partial charge in [-0.3, -0.25) is 0 Å². The van der Waals surface area contributed by atoms with E-state index in [1.807, 2.05) is 12.2 Å². The highest BCUT2D eigenvalue weighted by Gasteiger charge is 1.77. The maximum atomic E-state index is 3.65. The van der Waals surface area contributed by atoms with Gasteiger partial charge < -0.3 is 0 Å². The molecule has 0 aromatic rings. The van der Waals surface area contributed by atoms with Crippen molar-refractivity contribution in [1.82, 2.24) is 0 Å². The average Bonchev–Trinajstić information content (AvgIpc) is 1.97. The van der Waals surface area contributed by atoms with Gasteiger partial charge in [0.05, 0.1) is 0 Å². The summed E-state index contributed by atoms with van der Waals surface area (Å²) in [4.78, 5) is 0. The van der Waals surface area contributed by atoms with Crippen LogP contribution in [0.4, 0.5) is 0 Å². The summed E-state index contributed by atoms with van der Waals surface area (Å²) in [5.74, 6) is 0. The zero-order valence-electron chi connectivity index (χ0n) is 6.55. The van der Waals surface area contributed by atoms with Crippen molar-refractivity contribution in [2.45, 2.75) is 25.7 Å². The van der Waals surface area contributed by atoms with Gasteiger partial charge in [-0.15, -0.1) is 13.2 Å². The van der Waals surface area contributed by atoms with Gasteiger partial charge in [0, 0.05) is 0 Å². The summed E-state index contributed by atoms with van der Waals surface area (Å²) in [6, 6.07) is 0. The van der Waals surface area contributed by atoms with Gasteiger partial charge in [-0.2, -0.15) is 0 Å². The van der Waals surface area contributed by atoms with E-state index < -0.39 is 0 Å². The van der Waals surface area contributed by atoms with Crippen LogP contribution in [0.1, 0.15) is 25.7 Å². The number of unbranched alkanes of at least 4 members (excludes halogenated alkanes) is 2. The molecule has 56 valence electrons. The van der Waals surface area contributed by atoms with E-state index in [2.05, 4.69) is 25.3 Å². The molecule has 0 heteroatoms. The molecule has 0 nitrogen and oxygen atoms in total. The second kappa shape index (κ2) is 8.22. The number of allylic oxidation sites excluding steroid dienone is 4. The van der Waals surface area contributed by atoms with Gasteiger partial charge in [0.2, 0.25) is 0 Å². The second-order valence-electron chi connectivity index (χ2n) is 2.22. The maximum absolute atomic E-state index is 3.65. The molecular weight excluding hydrogens is 120 g/mol. The first-order chi connectivity index (χ1) is 4.91. The fraction of sp³-hybridized carbons (Fsp3) is 0.400. The molecule has 0 unspecified atom stereocenters. The SMILES string of the molecule is C=CC/C=C/CCCC=C. The summed E-state index contributed by atoms with van der Waals surface area (Å²) in [5.41, 5.74) is 0. The zero-order chi connectivity index (χ0) is 7.66. The molecule has 0 aliphatic heterocycles. The molecule has 0 radical (unpaired) electrons. The molecule has 0 spiro atoms. The Kier molecular flexibility index (Phi) is 7.58. The topological polar surface area (TPSA) is 0 Å². The van der Waals surface area contributed by atoms with E-state index in [9.17, 15) is 0 Å². The van der Waals surface area contributed by atoms with Crippen LogP contribution in [0.15, 0.2) is 37.5 Å². The predicted octanol–water partition coefficient (Wildman–Crippen LogP) is 3.48. The van der Waals surface area contributed by atoms with Crippen LogP contribution in [0.5, 0.6) is 0 Å². The van der Waals surface area contributed by atoms with Crippen molar-refractivity contribution >= 4 is 0 Å². The second-order valence-corrected chi connectivity index (χ2v) is 2.22. The van der Waals surface area contributed by atoms with E-state index in [1.54, 1.807) is 0 Å². The molecule has 0 amide bonds. The Hall–Kier alpha value is -0.780. The Morgan fingerprint density at radius 1 is 0.900 bits per heavy atom. The summed E-state index contributed by atoms with van der Waals surface area (Å²) in [5, 5.41) is 0. The third-order valence-electron chi connectivity index (χ3n) is 1.25. The molecule has 0 fully saturated rings. The third kappa shape index (κ3) is 7.22. The number of hydrogen-bond donors (Lipinski definition) is 0. The van der Waals surface area contributed by atoms with Crippen molar-refractivity contribution in [3.05, 3.63) is 37.5 Å². The largest absolute Gasteiger partial charge is 0.103 e. The quantitative estimate of drug-likeness (QED) is 0.387. The zero-order valence-corrected chi connectivity index (χ0v) is 6.55. The summed E-state index contributed by atoms with van der Waals surface area (Å²) in [6.45, 7) is 7.28. The van der Waals surface area contributed by atoms with E-state index in [-0.39, 0.29) is 0 Å². The molecular formula is C10H16. The highest BCUT2D eigenvalue weighted by atomic mass is 13.8. The van der Waals surface area contributed by atoms with Gasteiger partial charge in [-0.05, 0) is 25.7 Å². The molecule has 10 heavy (non-hydrogen) atoms. The van der Waals surface area contributed by atoms with Gasteiger partial charge in [0.25, 0.3) is 0 Å². The molecule has 0 aliphatic carbocycles. The van der Waals surface area contributed by atoms with E-state index in [4.69, 9.17) is 0 Å². The lowest BCUT2D eigenvalue weighted by atomic mass is 10.2. The molecule has 0 saturated carbocycles. The van der Waals surface area contributed by atoms with Gasteiger partial charge in [0.1, 0.15) is 0 Å². The van der Waals surface area contributed by atoms with Gasteiger partial charge in [-0.25, -0.2) is 0 Å². The Balaban J connectivity index is 3.01. The molecule has 0 rings (SSSR count). The summed E-state index contributed by atoms with van der Waals surface area (Å²) in [6.07, 6.45) is 12.7.